The van der Waals surface area contributed by atoms with Gasteiger partial charge in [0.25, 0.3) is 0 Å². The maximum absolute atomic E-state index is 11.9. The molecule has 2 aromatic rings. The summed E-state index contributed by atoms with van der Waals surface area (Å²) >= 11 is 0. The predicted molar refractivity (Wildman–Crippen MR) is 95.9 cm³/mol. The first-order valence-corrected chi connectivity index (χ1v) is 12.6. The molecule has 20 heteroatoms. The third kappa shape index (κ3) is 6.00. The Hall–Kier alpha value is -1.16. The number of imidazole rings is 1. The minimum Gasteiger partial charge on any atom is -0.386 e. The second-order valence-corrected chi connectivity index (χ2v) is 10.4. The molecule has 1 fully saturated rings. The third-order valence-corrected chi connectivity index (χ3v) is 7.71. The van der Waals surface area contributed by atoms with Gasteiger partial charge in [-0.25, -0.2) is 28.6 Å². The molecule has 0 aliphatic carbocycles. The molecule has 3 heterocycles. The minimum atomic E-state index is -5.66. The quantitative estimate of drug-likeness (QED) is 0.268. The van der Waals surface area contributed by atoms with Crippen molar-refractivity contribution in [1.82, 2.24) is 19.5 Å². The molecule has 0 amide bonds. The molecule has 2 aromatic heterocycles. The number of phosphoric acid groups is 3. The van der Waals surface area contributed by atoms with Crippen molar-refractivity contribution in [2.24, 2.45) is 0 Å². The average molecular weight is 506 g/mol. The molecular formula is C11H17N4O13P3. The SMILES string of the molecule is COC1C(COP(=O)(O)OP(=O)(O)OP(=O)(O)O)OC(n2cnc3cncnc32)C1O. The summed E-state index contributed by atoms with van der Waals surface area (Å²) < 4.78 is 57.9. The van der Waals surface area contributed by atoms with E-state index in [4.69, 9.17) is 19.3 Å². The van der Waals surface area contributed by atoms with Crippen LogP contribution in [0.3, 0.4) is 0 Å². The Bertz CT molecular complexity index is 1070. The van der Waals surface area contributed by atoms with Gasteiger partial charge in [0.05, 0.1) is 19.1 Å². The zero-order chi connectivity index (χ0) is 23.0. The number of rotatable bonds is 9. The van der Waals surface area contributed by atoms with Gasteiger partial charge in [-0.05, 0) is 0 Å². The highest BCUT2D eigenvalue weighted by molar-refractivity contribution is 7.66. The van der Waals surface area contributed by atoms with Gasteiger partial charge in [0, 0.05) is 7.11 Å². The molecule has 0 aromatic carbocycles. The number of aliphatic hydroxyl groups is 1. The van der Waals surface area contributed by atoms with E-state index in [1.807, 2.05) is 0 Å². The molecule has 6 unspecified atom stereocenters. The highest BCUT2D eigenvalue weighted by Gasteiger charge is 2.47. The fourth-order valence-corrected chi connectivity index (χ4v) is 5.85. The van der Waals surface area contributed by atoms with Crippen LogP contribution in [0.2, 0.25) is 0 Å². The number of aromatic nitrogens is 4. The van der Waals surface area contributed by atoms with Crippen LogP contribution >= 0.6 is 23.5 Å². The zero-order valence-electron chi connectivity index (χ0n) is 15.4. The molecule has 1 saturated heterocycles. The molecule has 0 radical (unpaired) electrons. The molecule has 1 aliphatic heterocycles. The van der Waals surface area contributed by atoms with E-state index in [1.54, 1.807) is 0 Å². The highest BCUT2D eigenvalue weighted by atomic mass is 31.3. The Morgan fingerprint density at radius 3 is 2.48 bits per heavy atom. The molecule has 0 bridgehead atoms. The number of phosphoric ester groups is 1. The van der Waals surface area contributed by atoms with Gasteiger partial charge in [-0.3, -0.25) is 9.09 Å². The van der Waals surface area contributed by atoms with Gasteiger partial charge in [0.2, 0.25) is 0 Å². The maximum atomic E-state index is 11.9. The molecule has 3 rings (SSSR count). The first-order valence-electron chi connectivity index (χ1n) is 8.09. The standard InChI is InChI=1S/C11H17N4O13P3/c1-24-9-7(3-25-30(20,21)28-31(22,23)27-29(17,18)19)26-11(8(9)16)15-5-14-6-2-12-4-13-10(6)15/h2,4-5,7-9,11,16H,3H2,1H3,(H,20,21)(H,22,23)(H2,17,18,19). The lowest BCUT2D eigenvalue weighted by molar-refractivity contribution is -0.0526. The Balaban J connectivity index is 1.70. The fraction of sp³-hybridized carbons (Fsp3) is 0.545. The molecule has 174 valence electrons. The Morgan fingerprint density at radius 1 is 1.13 bits per heavy atom. The molecular weight excluding hydrogens is 489 g/mol. The second-order valence-electron chi connectivity index (χ2n) is 6.03. The smallest absolute Gasteiger partial charge is 0.386 e. The summed E-state index contributed by atoms with van der Waals surface area (Å²) in [6, 6.07) is 0. The van der Waals surface area contributed by atoms with Crippen LogP contribution < -0.4 is 0 Å². The van der Waals surface area contributed by atoms with Crippen molar-refractivity contribution in [2.45, 2.75) is 24.5 Å². The number of hydrogen-bond donors (Lipinski definition) is 5. The van der Waals surface area contributed by atoms with Crippen LogP contribution in [0.1, 0.15) is 6.23 Å². The van der Waals surface area contributed by atoms with Crippen molar-refractivity contribution in [3.63, 3.8) is 0 Å². The molecule has 5 N–H and O–H groups in total. The Labute approximate surface area is 173 Å². The van der Waals surface area contributed by atoms with Gasteiger partial charge in [-0.2, -0.15) is 8.62 Å². The largest absolute Gasteiger partial charge is 0.490 e. The van der Waals surface area contributed by atoms with E-state index >= 15 is 0 Å². The Kier molecular flexibility index (Phi) is 7.11. The van der Waals surface area contributed by atoms with Gasteiger partial charge in [0.1, 0.15) is 30.2 Å². The van der Waals surface area contributed by atoms with Crippen molar-refractivity contribution < 1.29 is 61.0 Å². The van der Waals surface area contributed by atoms with Gasteiger partial charge in [0.15, 0.2) is 11.9 Å². The van der Waals surface area contributed by atoms with Crippen molar-refractivity contribution in [3.8, 4) is 0 Å². The van der Waals surface area contributed by atoms with Crippen molar-refractivity contribution in [3.05, 3.63) is 18.9 Å². The van der Waals surface area contributed by atoms with Gasteiger partial charge in [-0.1, -0.05) is 0 Å². The summed E-state index contributed by atoms with van der Waals surface area (Å²) in [5.74, 6) is 0. The second kappa shape index (κ2) is 9.00. The van der Waals surface area contributed by atoms with Crippen LogP contribution in [0.15, 0.2) is 18.9 Å². The number of methoxy groups -OCH3 is 1. The number of fused-ring (bicyclic) bond motifs is 1. The van der Waals surface area contributed by atoms with Crippen LogP contribution in [-0.2, 0) is 36.3 Å². The number of ether oxygens (including phenoxy) is 2. The van der Waals surface area contributed by atoms with Crippen molar-refractivity contribution >= 4 is 34.6 Å². The van der Waals surface area contributed by atoms with Crippen LogP contribution in [0, 0.1) is 0 Å². The van der Waals surface area contributed by atoms with Gasteiger partial charge in [-0.15, -0.1) is 0 Å². The summed E-state index contributed by atoms with van der Waals surface area (Å²) in [6.07, 6.45) is -0.675. The summed E-state index contributed by atoms with van der Waals surface area (Å²) in [7, 11) is -15.3. The summed E-state index contributed by atoms with van der Waals surface area (Å²) in [6.45, 7) is -0.794. The van der Waals surface area contributed by atoms with Crippen molar-refractivity contribution in [2.75, 3.05) is 13.7 Å². The lowest BCUT2D eigenvalue weighted by atomic mass is 10.1. The van der Waals surface area contributed by atoms with Gasteiger partial charge >= 0.3 is 23.5 Å². The molecule has 6 atom stereocenters. The lowest BCUT2D eigenvalue weighted by Gasteiger charge is -2.20. The van der Waals surface area contributed by atoms with E-state index in [2.05, 4.69) is 28.1 Å². The molecule has 1 aliphatic rings. The van der Waals surface area contributed by atoms with Crippen LogP contribution in [-0.4, -0.2) is 76.2 Å². The van der Waals surface area contributed by atoms with E-state index < -0.39 is 54.6 Å². The van der Waals surface area contributed by atoms with E-state index in [9.17, 15) is 28.6 Å². The normalized spacial score (nSPS) is 28.5. The molecule has 0 spiro atoms. The van der Waals surface area contributed by atoms with E-state index in [-0.39, 0.29) is 0 Å². The van der Waals surface area contributed by atoms with E-state index in [0.717, 1.165) is 0 Å². The third-order valence-electron chi connectivity index (χ3n) is 3.91. The number of nitrogens with zero attached hydrogens (tertiary/aromatic N) is 4. The summed E-state index contributed by atoms with van der Waals surface area (Å²) in [5, 5.41) is 10.5. The molecule has 17 nitrogen and oxygen atoms in total. The van der Waals surface area contributed by atoms with Gasteiger partial charge < -0.3 is 34.2 Å². The number of aliphatic hydroxyl groups excluding tert-OH is 1. The van der Waals surface area contributed by atoms with E-state index in [1.165, 1.54) is 30.5 Å². The first-order chi connectivity index (χ1) is 14.3. The maximum Gasteiger partial charge on any atom is 0.490 e. The van der Waals surface area contributed by atoms with Crippen LogP contribution in [0.4, 0.5) is 0 Å². The summed E-state index contributed by atoms with van der Waals surface area (Å²) in [4.78, 5) is 47.7. The van der Waals surface area contributed by atoms with Crippen molar-refractivity contribution in [1.29, 1.82) is 0 Å². The summed E-state index contributed by atoms with van der Waals surface area (Å²) in [5.41, 5.74) is 0.728. The fourth-order valence-electron chi connectivity index (χ4n) is 2.82. The van der Waals surface area contributed by atoms with E-state index in [0.29, 0.717) is 11.2 Å². The predicted octanol–water partition coefficient (Wildman–Crippen LogP) is -0.557. The van der Waals surface area contributed by atoms with Crippen LogP contribution in [0.5, 0.6) is 0 Å². The molecule has 31 heavy (non-hydrogen) atoms. The molecule has 0 saturated carbocycles. The van der Waals surface area contributed by atoms with Crippen LogP contribution in [0.25, 0.3) is 11.2 Å². The lowest BCUT2D eigenvalue weighted by Crippen LogP contribution is -2.35. The first kappa shape index (κ1) is 24.5. The number of hydrogen-bond acceptors (Lipinski definition) is 12. The zero-order valence-corrected chi connectivity index (χ0v) is 18.1. The highest BCUT2D eigenvalue weighted by Crippen LogP contribution is 2.66. The minimum absolute atomic E-state index is 0.322. The average Bonchev–Trinajstić information content (AvgIpc) is 3.17. The topological polar surface area (TPSA) is 242 Å². The Morgan fingerprint density at radius 2 is 1.84 bits per heavy atom. The monoisotopic (exact) mass is 506 g/mol.